The zero-order valence-electron chi connectivity index (χ0n) is 6.81. The molecule has 0 rings (SSSR count). The van der Waals surface area contributed by atoms with Gasteiger partial charge in [0.15, 0.2) is 0 Å². The van der Waals surface area contributed by atoms with Crippen LogP contribution in [0.1, 0.15) is 13.3 Å². The number of nitrogens with two attached hydrogens (primary N) is 1. The van der Waals surface area contributed by atoms with Gasteiger partial charge in [-0.3, -0.25) is 4.79 Å². The fraction of sp³-hybridized carbons (Fsp3) is 0.667. The standard InChI is InChI=1S/C6H9F3N2OS/c1-3(5(10)13)11-4(12)2-6(7,8)9/h3H,2H2,1H3,(H2,10,13)(H,11,12). The molecule has 0 aromatic carbocycles. The topological polar surface area (TPSA) is 55.1 Å². The Bertz CT molecular complexity index is 216. The second kappa shape index (κ2) is 4.40. The van der Waals surface area contributed by atoms with Gasteiger partial charge in [-0.2, -0.15) is 13.2 Å². The van der Waals surface area contributed by atoms with Crippen molar-refractivity contribution in [3.8, 4) is 0 Å². The van der Waals surface area contributed by atoms with Gasteiger partial charge in [0.2, 0.25) is 5.91 Å². The summed E-state index contributed by atoms with van der Waals surface area (Å²) in [4.78, 5) is 10.6. The van der Waals surface area contributed by atoms with Gasteiger partial charge < -0.3 is 11.1 Å². The lowest BCUT2D eigenvalue weighted by molar-refractivity contribution is -0.153. The molecule has 7 heteroatoms. The minimum Gasteiger partial charge on any atom is -0.392 e. The predicted octanol–water partition coefficient (Wildman–Crippen LogP) is 0.730. The molecule has 1 atom stereocenters. The second-order valence-electron chi connectivity index (χ2n) is 2.48. The van der Waals surface area contributed by atoms with Gasteiger partial charge in [0.1, 0.15) is 6.42 Å². The largest absolute Gasteiger partial charge is 0.397 e. The first kappa shape index (κ1) is 12.2. The number of hydrogen-bond acceptors (Lipinski definition) is 2. The Balaban J connectivity index is 3.96. The molecule has 0 aromatic rings. The van der Waals surface area contributed by atoms with Crippen LogP contribution in [0.25, 0.3) is 0 Å². The highest BCUT2D eigenvalue weighted by Crippen LogP contribution is 2.18. The monoisotopic (exact) mass is 214 g/mol. The molecule has 0 saturated heterocycles. The summed E-state index contributed by atoms with van der Waals surface area (Å²) in [5.74, 6) is -1.13. The first-order valence-corrected chi connectivity index (χ1v) is 3.78. The van der Waals surface area contributed by atoms with Gasteiger partial charge in [0.25, 0.3) is 0 Å². The summed E-state index contributed by atoms with van der Waals surface area (Å²) in [5, 5.41) is 2.01. The average molecular weight is 214 g/mol. The molecule has 0 aliphatic rings. The third kappa shape index (κ3) is 6.32. The van der Waals surface area contributed by atoms with Crippen LogP contribution in [0.5, 0.6) is 0 Å². The van der Waals surface area contributed by atoms with Gasteiger partial charge in [-0.05, 0) is 6.92 Å². The quantitative estimate of drug-likeness (QED) is 0.681. The van der Waals surface area contributed by atoms with Gasteiger partial charge >= 0.3 is 6.18 Å². The van der Waals surface area contributed by atoms with Crippen LogP contribution in [-0.2, 0) is 4.79 Å². The van der Waals surface area contributed by atoms with Crippen molar-refractivity contribution in [2.45, 2.75) is 25.6 Å². The SMILES string of the molecule is CC(NC(=O)CC(F)(F)F)C(N)=S. The van der Waals surface area contributed by atoms with E-state index in [1.54, 1.807) is 0 Å². The Morgan fingerprint density at radius 2 is 2.08 bits per heavy atom. The lowest BCUT2D eigenvalue weighted by Gasteiger charge is -2.12. The Hall–Kier alpha value is -0.850. The molecule has 0 fully saturated rings. The lowest BCUT2D eigenvalue weighted by Crippen LogP contribution is -2.42. The Labute approximate surface area is 78.5 Å². The Morgan fingerprint density at radius 3 is 2.38 bits per heavy atom. The molecule has 0 heterocycles. The van der Waals surface area contributed by atoms with Gasteiger partial charge in [0.05, 0.1) is 11.0 Å². The highest BCUT2D eigenvalue weighted by molar-refractivity contribution is 7.80. The van der Waals surface area contributed by atoms with Crippen LogP contribution >= 0.6 is 12.2 Å². The number of hydrogen-bond donors (Lipinski definition) is 2. The fourth-order valence-electron chi connectivity index (χ4n) is 0.546. The van der Waals surface area contributed by atoms with Crippen LogP contribution in [0.3, 0.4) is 0 Å². The molecular weight excluding hydrogens is 205 g/mol. The Kier molecular flexibility index (Phi) is 4.12. The zero-order valence-corrected chi connectivity index (χ0v) is 7.63. The number of rotatable bonds is 3. The second-order valence-corrected chi connectivity index (χ2v) is 2.95. The maximum absolute atomic E-state index is 11.6. The highest BCUT2D eigenvalue weighted by atomic mass is 32.1. The van der Waals surface area contributed by atoms with Crippen LogP contribution in [0, 0.1) is 0 Å². The van der Waals surface area contributed by atoms with E-state index in [0.29, 0.717) is 0 Å². The van der Waals surface area contributed by atoms with E-state index in [1.807, 2.05) is 5.32 Å². The van der Waals surface area contributed by atoms with Gasteiger partial charge in [0, 0.05) is 0 Å². The summed E-state index contributed by atoms with van der Waals surface area (Å²) in [7, 11) is 0. The molecule has 0 aliphatic carbocycles. The molecule has 76 valence electrons. The molecular formula is C6H9F3N2OS. The van der Waals surface area contributed by atoms with Crippen molar-refractivity contribution in [3.05, 3.63) is 0 Å². The molecule has 0 radical (unpaired) electrons. The molecule has 13 heavy (non-hydrogen) atoms. The first-order chi connectivity index (χ1) is 5.72. The van der Waals surface area contributed by atoms with Crippen molar-refractivity contribution in [1.29, 1.82) is 0 Å². The van der Waals surface area contributed by atoms with Crippen molar-refractivity contribution in [1.82, 2.24) is 5.32 Å². The summed E-state index contributed by atoms with van der Waals surface area (Å²) in [6.07, 6.45) is -6.01. The van der Waals surface area contributed by atoms with E-state index in [0.717, 1.165) is 0 Å². The number of amides is 1. The van der Waals surface area contributed by atoms with Crippen molar-refractivity contribution in [3.63, 3.8) is 0 Å². The smallest absolute Gasteiger partial charge is 0.392 e. The van der Waals surface area contributed by atoms with Crippen molar-refractivity contribution in [2.75, 3.05) is 0 Å². The summed E-state index contributed by atoms with van der Waals surface area (Å²) >= 11 is 4.46. The van der Waals surface area contributed by atoms with E-state index in [9.17, 15) is 18.0 Å². The summed E-state index contributed by atoms with van der Waals surface area (Å²) in [5.41, 5.74) is 5.08. The fourth-order valence-corrected chi connectivity index (χ4v) is 0.605. The van der Waals surface area contributed by atoms with Crippen LogP contribution in [0.4, 0.5) is 13.2 Å². The van der Waals surface area contributed by atoms with E-state index < -0.39 is 24.5 Å². The molecule has 0 spiro atoms. The van der Waals surface area contributed by atoms with E-state index in [1.165, 1.54) is 6.92 Å². The third-order valence-electron chi connectivity index (χ3n) is 1.17. The van der Waals surface area contributed by atoms with Gasteiger partial charge in [-0.15, -0.1) is 0 Å². The maximum Gasteiger partial charge on any atom is 0.397 e. The van der Waals surface area contributed by atoms with E-state index >= 15 is 0 Å². The van der Waals surface area contributed by atoms with Crippen molar-refractivity contribution < 1.29 is 18.0 Å². The van der Waals surface area contributed by atoms with E-state index in [-0.39, 0.29) is 4.99 Å². The molecule has 0 bridgehead atoms. The minimum absolute atomic E-state index is 0.0458. The highest BCUT2D eigenvalue weighted by Gasteiger charge is 2.31. The minimum atomic E-state index is -4.50. The molecule has 3 nitrogen and oxygen atoms in total. The van der Waals surface area contributed by atoms with Crippen LogP contribution in [0.2, 0.25) is 0 Å². The number of halogens is 3. The number of carbonyl (C=O) groups excluding carboxylic acids is 1. The normalized spacial score (nSPS) is 13.5. The zero-order chi connectivity index (χ0) is 10.6. The molecule has 1 unspecified atom stereocenters. The summed E-state index contributed by atoms with van der Waals surface area (Å²) in [6, 6.07) is -0.718. The van der Waals surface area contributed by atoms with E-state index in [2.05, 4.69) is 12.2 Å². The molecule has 1 amide bonds. The average Bonchev–Trinajstić information content (AvgIpc) is 1.81. The van der Waals surface area contributed by atoms with Gasteiger partial charge in [-0.1, -0.05) is 12.2 Å². The van der Waals surface area contributed by atoms with Crippen LogP contribution in [-0.4, -0.2) is 23.1 Å². The summed E-state index contributed by atoms with van der Waals surface area (Å²) in [6.45, 7) is 1.41. The molecule has 3 N–H and O–H groups in total. The van der Waals surface area contributed by atoms with Crippen molar-refractivity contribution >= 4 is 23.1 Å². The molecule has 0 aromatic heterocycles. The number of carbonyl (C=O) groups is 1. The lowest BCUT2D eigenvalue weighted by atomic mass is 10.3. The maximum atomic E-state index is 11.6. The predicted molar refractivity (Wildman–Crippen MR) is 45.1 cm³/mol. The number of alkyl halides is 3. The van der Waals surface area contributed by atoms with Crippen LogP contribution < -0.4 is 11.1 Å². The molecule has 0 saturated carbocycles. The molecule has 0 aliphatic heterocycles. The summed E-state index contributed by atoms with van der Waals surface area (Å²) < 4.78 is 34.9. The van der Waals surface area contributed by atoms with E-state index in [4.69, 9.17) is 5.73 Å². The van der Waals surface area contributed by atoms with Crippen LogP contribution in [0.15, 0.2) is 0 Å². The Morgan fingerprint density at radius 1 is 1.62 bits per heavy atom. The third-order valence-corrected chi connectivity index (χ3v) is 1.52. The number of thiocarbonyl (C=S) groups is 1. The first-order valence-electron chi connectivity index (χ1n) is 3.38. The van der Waals surface area contributed by atoms with Gasteiger partial charge in [-0.25, -0.2) is 0 Å². The number of nitrogens with one attached hydrogen (secondary N) is 1. The van der Waals surface area contributed by atoms with Crippen molar-refractivity contribution in [2.24, 2.45) is 5.73 Å².